The van der Waals surface area contributed by atoms with E-state index in [1.807, 2.05) is 55.5 Å². The molecule has 0 fully saturated rings. The Morgan fingerprint density at radius 2 is 2.00 bits per heavy atom. The molecule has 1 amide bonds. The van der Waals surface area contributed by atoms with Gasteiger partial charge in [0, 0.05) is 5.69 Å². The third kappa shape index (κ3) is 5.60. The first kappa shape index (κ1) is 19.9. The van der Waals surface area contributed by atoms with Crippen LogP contribution in [0, 0.1) is 6.92 Å². The number of anilines is 1. The third-order valence-electron chi connectivity index (χ3n) is 4.08. The summed E-state index contributed by atoms with van der Waals surface area (Å²) in [7, 11) is 0. The molecule has 0 radical (unpaired) electrons. The molecule has 3 aromatic rings. The third-order valence-corrected chi connectivity index (χ3v) is 5.01. The number of aromatic nitrogens is 2. The fourth-order valence-corrected chi connectivity index (χ4v) is 3.17. The SMILES string of the molecule is CCc1ccc(NC(=O)[C@@H](C)Sc2nnc(COc3cccc(C)c3)o2)cc1. The van der Waals surface area contributed by atoms with Crippen molar-refractivity contribution in [2.75, 3.05) is 5.32 Å². The summed E-state index contributed by atoms with van der Waals surface area (Å²) >= 11 is 1.22. The van der Waals surface area contributed by atoms with E-state index in [0.717, 1.165) is 23.4 Å². The average Bonchev–Trinajstić information content (AvgIpc) is 3.14. The van der Waals surface area contributed by atoms with E-state index in [2.05, 4.69) is 22.4 Å². The number of thioether (sulfide) groups is 1. The molecule has 3 rings (SSSR count). The van der Waals surface area contributed by atoms with Crippen LogP contribution in [0.25, 0.3) is 0 Å². The molecule has 7 heteroatoms. The van der Waals surface area contributed by atoms with Gasteiger partial charge in [0.15, 0.2) is 6.61 Å². The lowest BCUT2D eigenvalue weighted by molar-refractivity contribution is -0.115. The van der Waals surface area contributed by atoms with Gasteiger partial charge in [0.2, 0.25) is 5.91 Å². The molecular weight excluding hydrogens is 374 g/mol. The number of aryl methyl sites for hydroxylation is 2. The van der Waals surface area contributed by atoms with Gasteiger partial charge >= 0.3 is 0 Å². The predicted molar refractivity (Wildman–Crippen MR) is 110 cm³/mol. The van der Waals surface area contributed by atoms with Crippen LogP contribution in [0.15, 0.2) is 58.2 Å². The largest absolute Gasteiger partial charge is 0.484 e. The summed E-state index contributed by atoms with van der Waals surface area (Å²) in [6, 6.07) is 15.6. The van der Waals surface area contributed by atoms with Crippen molar-refractivity contribution >= 4 is 23.4 Å². The normalized spacial score (nSPS) is 11.8. The van der Waals surface area contributed by atoms with E-state index in [0.29, 0.717) is 11.1 Å². The molecular formula is C21H23N3O3S. The van der Waals surface area contributed by atoms with Crippen LogP contribution >= 0.6 is 11.8 Å². The number of amides is 1. The average molecular weight is 398 g/mol. The minimum Gasteiger partial charge on any atom is -0.484 e. The van der Waals surface area contributed by atoms with Crippen LogP contribution < -0.4 is 10.1 Å². The highest BCUT2D eigenvalue weighted by Crippen LogP contribution is 2.24. The number of carbonyl (C=O) groups is 1. The van der Waals surface area contributed by atoms with Gasteiger partial charge in [0.25, 0.3) is 11.1 Å². The van der Waals surface area contributed by atoms with E-state index >= 15 is 0 Å². The molecule has 0 saturated heterocycles. The Morgan fingerprint density at radius 3 is 2.71 bits per heavy atom. The van der Waals surface area contributed by atoms with Crippen molar-refractivity contribution < 1.29 is 13.9 Å². The number of rotatable bonds is 8. The van der Waals surface area contributed by atoms with Gasteiger partial charge in [-0.05, 0) is 55.7 Å². The molecule has 146 valence electrons. The first-order valence-corrected chi connectivity index (χ1v) is 9.99. The number of hydrogen-bond acceptors (Lipinski definition) is 6. The highest BCUT2D eigenvalue weighted by Gasteiger charge is 2.18. The molecule has 0 bridgehead atoms. The summed E-state index contributed by atoms with van der Waals surface area (Å²) in [6.45, 7) is 6.07. The highest BCUT2D eigenvalue weighted by atomic mass is 32.2. The molecule has 1 heterocycles. The van der Waals surface area contributed by atoms with E-state index in [-0.39, 0.29) is 17.8 Å². The molecule has 0 saturated carbocycles. The minimum absolute atomic E-state index is 0.120. The van der Waals surface area contributed by atoms with Gasteiger partial charge in [-0.1, -0.05) is 43.0 Å². The number of carbonyl (C=O) groups excluding carboxylic acids is 1. The summed E-state index contributed by atoms with van der Waals surface area (Å²) in [5.41, 5.74) is 3.11. The Kier molecular flexibility index (Phi) is 6.71. The van der Waals surface area contributed by atoms with Gasteiger partial charge in [-0.3, -0.25) is 4.79 Å². The topological polar surface area (TPSA) is 77.2 Å². The van der Waals surface area contributed by atoms with E-state index in [1.54, 1.807) is 6.92 Å². The molecule has 1 atom stereocenters. The van der Waals surface area contributed by atoms with Crippen LogP contribution in [0.5, 0.6) is 5.75 Å². The summed E-state index contributed by atoms with van der Waals surface area (Å²) < 4.78 is 11.2. The number of nitrogens with one attached hydrogen (secondary N) is 1. The zero-order valence-electron chi connectivity index (χ0n) is 16.1. The van der Waals surface area contributed by atoms with E-state index < -0.39 is 0 Å². The summed E-state index contributed by atoms with van der Waals surface area (Å²) in [6.07, 6.45) is 0.966. The van der Waals surface area contributed by atoms with Crippen molar-refractivity contribution in [3.05, 3.63) is 65.5 Å². The smallest absolute Gasteiger partial charge is 0.277 e. The van der Waals surface area contributed by atoms with Crippen LogP contribution in [0.3, 0.4) is 0 Å². The predicted octanol–water partition coefficient (Wildman–Crippen LogP) is 4.64. The maximum atomic E-state index is 12.4. The number of benzene rings is 2. The van der Waals surface area contributed by atoms with Gasteiger partial charge < -0.3 is 14.5 Å². The van der Waals surface area contributed by atoms with Crippen molar-refractivity contribution in [1.82, 2.24) is 10.2 Å². The van der Waals surface area contributed by atoms with E-state index in [4.69, 9.17) is 9.15 Å². The fourth-order valence-electron chi connectivity index (χ4n) is 2.47. The van der Waals surface area contributed by atoms with Crippen molar-refractivity contribution in [3.63, 3.8) is 0 Å². The monoisotopic (exact) mass is 397 g/mol. The zero-order valence-corrected chi connectivity index (χ0v) is 17.0. The van der Waals surface area contributed by atoms with Gasteiger partial charge in [-0.2, -0.15) is 0 Å². The number of nitrogens with zero attached hydrogens (tertiary/aromatic N) is 2. The molecule has 1 N–H and O–H groups in total. The summed E-state index contributed by atoms with van der Waals surface area (Å²) in [4.78, 5) is 12.4. The first-order chi connectivity index (χ1) is 13.5. The van der Waals surface area contributed by atoms with Gasteiger partial charge in [0.1, 0.15) is 5.75 Å². The molecule has 0 spiro atoms. The molecule has 1 aromatic heterocycles. The number of hydrogen-bond donors (Lipinski definition) is 1. The van der Waals surface area contributed by atoms with Crippen LogP contribution in [-0.2, 0) is 17.8 Å². The zero-order chi connectivity index (χ0) is 19.9. The maximum absolute atomic E-state index is 12.4. The summed E-state index contributed by atoms with van der Waals surface area (Å²) in [5, 5.41) is 10.8. The van der Waals surface area contributed by atoms with Crippen molar-refractivity contribution in [3.8, 4) is 5.75 Å². The minimum atomic E-state index is -0.378. The Labute approximate surface area is 168 Å². The second-order valence-electron chi connectivity index (χ2n) is 6.37. The Morgan fingerprint density at radius 1 is 1.21 bits per heavy atom. The van der Waals surface area contributed by atoms with Crippen molar-refractivity contribution in [1.29, 1.82) is 0 Å². The van der Waals surface area contributed by atoms with Gasteiger partial charge in [-0.15, -0.1) is 10.2 Å². The lowest BCUT2D eigenvalue weighted by Gasteiger charge is -2.10. The Bertz CT molecular complexity index is 925. The van der Waals surface area contributed by atoms with Gasteiger partial charge in [0.05, 0.1) is 5.25 Å². The molecule has 0 aliphatic heterocycles. The molecule has 0 aliphatic carbocycles. The Balaban J connectivity index is 1.51. The van der Waals surface area contributed by atoms with Crippen molar-refractivity contribution in [2.45, 2.75) is 44.3 Å². The van der Waals surface area contributed by atoms with E-state index in [9.17, 15) is 4.79 Å². The van der Waals surface area contributed by atoms with Crippen LogP contribution in [0.1, 0.15) is 30.9 Å². The van der Waals surface area contributed by atoms with Gasteiger partial charge in [-0.25, -0.2) is 0 Å². The molecule has 28 heavy (non-hydrogen) atoms. The summed E-state index contributed by atoms with van der Waals surface area (Å²) in [5.74, 6) is 0.992. The second-order valence-corrected chi connectivity index (χ2v) is 7.66. The van der Waals surface area contributed by atoms with Crippen molar-refractivity contribution in [2.24, 2.45) is 0 Å². The van der Waals surface area contributed by atoms with Crippen LogP contribution in [-0.4, -0.2) is 21.4 Å². The quantitative estimate of drug-likeness (QED) is 0.558. The number of ether oxygens (including phenoxy) is 1. The molecule has 6 nitrogen and oxygen atoms in total. The maximum Gasteiger partial charge on any atom is 0.277 e. The highest BCUT2D eigenvalue weighted by molar-refractivity contribution is 8.00. The van der Waals surface area contributed by atoms with Crippen LogP contribution in [0.2, 0.25) is 0 Å². The second kappa shape index (κ2) is 9.41. The standard InChI is InChI=1S/C21H23N3O3S/c1-4-16-8-10-17(11-9-16)22-20(25)15(3)28-21-24-23-19(27-21)13-26-18-7-5-6-14(2)12-18/h5-12,15H,4,13H2,1-3H3,(H,22,25)/t15-/m1/s1. The van der Waals surface area contributed by atoms with E-state index in [1.165, 1.54) is 17.3 Å². The molecule has 0 unspecified atom stereocenters. The first-order valence-electron chi connectivity index (χ1n) is 9.12. The fraction of sp³-hybridized carbons (Fsp3) is 0.286. The lowest BCUT2D eigenvalue weighted by Crippen LogP contribution is -2.22. The Hall–Kier alpha value is -2.80. The molecule has 2 aromatic carbocycles. The lowest BCUT2D eigenvalue weighted by atomic mass is 10.1. The molecule has 0 aliphatic rings. The van der Waals surface area contributed by atoms with Crippen LogP contribution in [0.4, 0.5) is 5.69 Å².